The van der Waals surface area contributed by atoms with Crippen molar-refractivity contribution in [2.24, 2.45) is 0 Å². The Balaban J connectivity index is 1.61. The van der Waals surface area contributed by atoms with Crippen molar-refractivity contribution in [3.63, 3.8) is 0 Å². The van der Waals surface area contributed by atoms with Crippen LogP contribution in [0.25, 0.3) is 11.0 Å². The van der Waals surface area contributed by atoms with Gasteiger partial charge in [-0.2, -0.15) is 0 Å². The Morgan fingerprint density at radius 3 is 2.19 bits per heavy atom. The van der Waals surface area contributed by atoms with Gasteiger partial charge in [-0.25, -0.2) is 4.79 Å². The molecule has 162 valence electrons. The molecule has 1 atom stereocenters. The van der Waals surface area contributed by atoms with Crippen LogP contribution in [0.4, 0.5) is 0 Å². The number of carbonyl (C=O) groups excluding carboxylic acids is 2. The summed E-state index contributed by atoms with van der Waals surface area (Å²) in [5.74, 6) is -0.819. The zero-order chi connectivity index (χ0) is 21.8. The number of para-hydroxylation sites is 2. The van der Waals surface area contributed by atoms with Gasteiger partial charge in [0.25, 0.3) is 5.91 Å². The van der Waals surface area contributed by atoms with Crippen LogP contribution in [0.1, 0.15) is 37.9 Å². The number of esters is 1. The standard InChI is InChI=1S/C24H27N3O4/c1-2-14-26-19-12-6-7-13-20(19)27(24(26)30)17-21(28)31-22(18-10-4-3-5-11-18)23(29)25-15-8-9-16-25/h3-7,10-13,22H,2,8-9,14-17H2,1H3. The Morgan fingerprint density at radius 2 is 1.55 bits per heavy atom. The van der Waals surface area contributed by atoms with Crippen LogP contribution in [0.5, 0.6) is 0 Å². The average Bonchev–Trinajstić information content (AvgIpc) is 3.42. The van der Waals surface area contributed by atoms with E-state index in [0.717, 1.165) is 24.8 Å². The van der Waals surface area contributed by atoms with Gasteiger partial charge < -0.3 is 9.64 Å². The molecule has 1 aliphatic rings. The van der Waals surface area contributed by atoms with Crippen LogP contribution in [0.3, 0.4) is 0 Å². The molecular weight excluding hydrogens is 394 g/mol. The quantitative estimate of drug-likeness (QED) is 0.550. The molecule has 1 aromatic heterocycles. The number of rotatable bonds is 7. The largest absolute Gasteiger partial charge is 0.446 e. The number of carbonyl (C=O) groups is 2. The normalized spacial score (nSPS) is 14.7. The van der Waals surface area contributed by atoms with E-state index in [1.807, 2.05) is 49.4 Å². The third-order valence-electron chi connectivity index (χ3n) is 5.65. The van der Waals surface area contributed by atoms with Crippen LogP contribution >= 0.6 is 0 Å². The number of nitrogens with zero attached hydrogens (tertiary/aromatic N) is 3. The van der Waals surface area contributed by atoms with Gasteiger partial charge in [-0.05, 0) is 31.4 Å². The number of likely N-dealkylation sites (tertiary alicyclic amines) is 1. The number of amides is 1. The van der Waals surface area contributed by atoms with E-state index in [-0.39, 0.29) is 18.1 Å². The van der Waals surface area contributed by atoms with Crippen molar-refractivity contribution < 1.29 is 14.3 Å². The predicted molar refractivity (Wildman–Crippen MR) is 118 cm³/mol. The summed E-state index contributed by atoms with van der Waals surface area (Å²) in [5, 5.41) is 0. The molecule has 1 saturated heterocycles. The zero-order valence-corrected chi connectivity index (χ0v) is 17.7. The molecule has 7 nitrogen and oxygen atoms in total. The topological polar surface area (TPSA) is 73.5 Å². The van der Waals surface area contributed by atoms with Crippen molar-refractivity contribution in [2.75, 3.05) is 13.1 Å². The number of benzene rings is 2. The molecule has 0 bridgehead atoms. The molecular formula is C24H27N3O4. The minimum Gasteiger partial charge on any atom is -0.446 e. The molecule has 4 rings (SSSR count). The highest BCUT2D eigenvalue weighted by atomic mass is 16.5. The van der Waals surface area contributed by atoms with Crippen molar-refractivity contribution >= 4 is 22.9 Å². The molecule has 2 heterocycles. The minimum absolute atomic E-state index is 0.210. The van der Waals surface area contributed by atoms with E-state index >= 15 is 0 Å². The summed E-state index contributed by atoms with van der Waals surface area (Å²) >= 11 is 0. The van der Waals surface area contributed by atoms with Crippen LogP contribution in [-0.2, 0) is 27.4 Å². The molecule has 7 heteroatoms. The number of fused-ring (bicyclic) bond motifs is 1. The molecule has 1 fully saturated rings. The van der Waals surface area contributed by atoms with E-state index in [0.29, 0.717) is 30.7 Å². The zero-order valence-electron chi connectivity index (χ0n) is 17.7. The van der Waals surface area contributed by atoms with E-state index in [4.69, 9.17) is 4.74 Å². The summed E-state index contributed by atoms with van der Waals surface area (Å²) in [5.41, 5.74) is 1.85. The van der Waals surface area contributed by atoms with Crippen LogP contribution in [0, 0.1) is 0 Å². The molecule has 0 aliphatic carbocycles. The third-order valence-corrected chi connectivity index (χ3v) is 5.65. The highest BCUT2D eigenvalue weighted by molar-refractivity contribution is 5.86. The predicted octanol–water partition coefficient (Wildman–Crippen LogP) is 3.12. The lowest BCUT2D eigenvalue weighted by Crippen LogP contribution is -2.36. The molecule has 0 saturated carbocycles. The Morgan fingerprint density at radius 1 is 0.935 bits per heavy atom. The fraction of sp³-hybridized carbons (Fsp3) is 0.375. The summed E-state index contributed by atoms with van der Waals surface area (Å²) < 4.78 is 8.79. The second-order valence-electron chi connectivity index (χ2n) is 7.82. The highest BCUT2D eigenvalue weighted by Gasteiger charge is 2.31. The summed E-state index contributed by atoms with van der Waals surface area (Å²) in [7, 11) is 0. The van der Waals surface area contributed by atoms with Crippen molar-refractivity contribution in [3.8, 4) is 0 Å². The maximum Gasteiger partial charge on any atom is 0.329 e. The van der Waals surface area contributed by atoms with E-state index < -0.39 is 12.1 Å². The van der Waals surface area contributed by atoms with E-state index in [1.54, 1.807) is 21.6 Å². The summed E-state index contributed by atoms with van der Waals surface area (Å²) in [4.78, 5) is 40.7. The SMILES string of the molecule is CCCn1c(=O)n(CC(=O)OC(C(=O)N2CCCC2)c2ccccc2)c2ccccc21. The summed E-state index contributed by atoms with van der Waals surface area (Å²) in [6, 6.07) is 16.5. The van der Waals surface area contributed by atoms with Crippen molar-refractivity contribution in [2.45, 2.75) is 45.4 Å². The Hall–Kier alpha value is -3.35. The van der Waals surface area contributed by atoms with E-state index in [1.165, 1.54) is 4.57 Å². The van der Waals surface area contributed by atoms with E-state index in [9.17, 15) is 14.4 Å². The van der Waals surface area contributed by atoms with Crippen molar-refractivity contribution in [1.82, 2.24) is 14.0 Å². The fourth-order valence-electron chi connectivity index (χ4n) is 4.15. The molecule has 0 spiro atoms. The first-order chi connectivity index (χ1) is 15.1. The molecule has 3 aromatic rings. The first-order valence-electron chi connectivity index (χ1n) is 10.8. The van der Waals surface area contributed by atoms with Crippen LogP contribution < -0.4 is 5.69 Å². The first kappa shape index (κ1) is 20.9. The van der Waals surface area contributed by atoms with Gasteiger partial charge in [0, 0.05) is 25.2 Å². The Labute approximate surface area is 180 Å². The second-order valence-corrected chi connectivity index (χ2v) is 7.82. The minimum atomic E-state index is -1.01. The van der Waals surface area contributed by atoms with Crippen LogP contribution in [0.2, 0.25) is 0 Å². The molecule has 0 radical (unpaired) electrons. The van der Waals surface area contributed by atoms with Gasteiger partial charge in [0.1, 0.15) is 6.54 Å². The van der Waals surface area contributed by atoms with Gasteiger partial charge in [0.2, 0.25) is 6.10 Å². The second kappa shape index (κ2) is 9.20. The Bertz CT molecular complexity index is 1130. The van der Waals surface area contributed by atoms with Crippen molar-refractivity contribution in [3.05, 3.63) is 70.6 Å². The van der Waals surface area contributed by atoms with Crippen LogP contribution in [-0.4, -0.2) is 39.0 Å². The van der Waals surface area contributed by atoms with E-state index in [2.05, 4.69) is 0 Å². The Kier molecular flexibility index (Phi) is 6.21. The van der Waals surface area contributed by atoms with Gasteiger partial charge in [0.05, 0.1) is 11.0 Å². The molecule has 0 N–H and O–H groups in total. The lowest BCUT2D eigenvalue weighted by atomic mass is 10.1. The molecule has 1 aliphatic heterocycles. The maximum atomic E-state index is 13.1. The van der Waals surface area contributed by atoms with Gasteiger partial charge >= 0.3 is 11.7 Å². The first-order valence-corrected chi connectivity index (χ1v) is 10.8. The van der Waals surface area contributed by atoms with Crippen molar-refractivity contribution in [1.29, 1.82) is 0 Å². The lowest BCUT2D eigenvalue weighted by Gasteiger charge is -2.23. The smallest absolute Gasteiger partial charge is 0.329 e. The maximum absolute atomic E-state index is 13.1. The van der Waals surface area contributed by atoms with Crippen LogP contribution in [0.15, 0.2) is 59.4 Å². The number of hydrogen-bond donors (Lipinski definition) is 0. The lowest BCUT2D eigenvalue weighted by molar-refractivity contribution is -0.161. The monoisotopic (exact) mass is 421 g/mol. The summed E-state index contributed by atoms with van der Waals surface area (Å²) in [6.45, 7) is 3.67. The summed E-state index contributed by atoms with van der Waals surface area (Å²) in [6.07, 6.45) is 1.70. The number of ether oxygens (including phenoxy) is 1. The average molecular weight is 421 g/mol. The highest BCUT2D eigenvalue weighted by Crippen LogP contribution is 2.23. The number of aromatic nitrogens is 2. The number of imidazole rings is 1. The molecule has 1 amide bonds. The molecule has 31 heavy (non-hydrogen) atoms. The van der Waals surface area contributed by atoms with Gasteiger partial charge in [-0.1, -0.05) is 49.4 Å². The van der Waals surface area contributed by atoms with Gasteiger partial charge in [-0.3, -0.25) is 18.7 Å². The number of aryl methyl sites for hydroxylation is 1. The number of hydrogen-bond acceptors (Lipinski definition) is 4. The fourth-order valence-corrected chi connectivity index (χ4v) is 4.15. The van der Waals surface area contributed by atoms with Gasteiger partial charge in [0.15, 0.2) is 0 Å². The third kappa shape index (κ3) is 4.26. The van der Waals surface area contributed by atoms with Gasteiger partial charge in [-0.15, -0.1) is 0 Å². The molecule has 2 aromatic carbocycles. The molecule has 1 unspecified atom stereocenters.